The molecular formula is C28H36F3N7O4. The van der Waals surface area contributed by atoms with Gasteiger partial charge in [-0.1, -0.05) is 0 Å². The van der Waals surface area contributed by atoms with E-state index in [1.165, 1.54) is 24.1 Å². The number of aromatic nitrogens is 4. The van der Waals surface area contributed by atoms with Gasteiger partial charge in [-0.15, -0.1) is 0 Å². The number of anilines is 1. The van der Waals surface area contributed by atoms with Gasteiger partial charge in [0, 0.05) is 30.4 Å². The number of amides is 2. The number of nitrogens with two attached hydrogens (primary N) is 2. The summed E-state index contributed by atoms with van der Waals surface area (Å²) < 4.78 is 53.6. The molecule has 4 N–H and O–H groups in total. The number of primary amides is 1. The fraction of sp³-hybridized carbons (Fsp3) is 0.500. The molecule has 3 aromatic rings. The second kappa shape index (κ2) is 11.9. The number of halogens is 3. The number of alkyl halides is 3. The van der Waals surface area contributed by atoms with Crippen LogP contribution < -0.4 is 16.2 Å². The van der Waals surface area contributed by atoms with Crippen molar-refractivity contribution in [3.8, 4) is 17.0 Å². The number of hydrogen-bond acceptors (Lipinski definition) is 7. The third kappa shape index (κ3) is 6.97. The highest BCUT2D eigenvalue weighted by atomic mass is 19.4. The summed E-state index contributed by atoms with van der Waals surface area (Å²) in [6.45, 7) is 6.47. The molecule has 0 bridgehead atoms. The Labute approximate surface area is 241 Å². The molecule has 0 unspecified atom stereocenters. The van der Waals surface area contributed by atoms with Gasteiger partial charge in [0.2, 0.25) is 0 Å². The Bertz CT molecular complexity index is 1430. The van der Waals surface area contributed by atoms with E-state index in [4.69, 9.17) is 20.9 Å². The standard InChI is InChI=1S/C28H36F3N7O4/c1-27(2,3)42-26(40)36-11-5-7-20(8-6-12-36)38-24(32)22(25(33)39)23(35-38)18-14-34-37(16-18)15-17-13-19(28(29,30)31)9-10-21(17)41-4/h9-10,13-14,16,20H,5-8,11-12,15,32H2,1-4H3,(H2,33,39). The second-order valence-corrected chi connectivity index (χ2v) is 11.3. The molecule has 1 saturated heterocycles. The van der Waals surface area contributed by atoms with Gasteiger partial charge in [-0.25, -0.2) is 9.48 Å². The van der Waals surface area contributed by atoms with Gasteiger partial charge in [0.1, 0.15) is 28.4 Å². The number of carbonyl (C=O) groups is 2. The molecule has 0 atom stereocenters. The molecule has 3 heterocycles. The van der Waals surface area contributed by atoms with Crippen LogP contribution in [-0.4, -0.2) is 62.3 Å². The van der Waals surface area contributed by atoms with Gasteiger partial charge in [0.15, 0.2) is 0 Å². The zero-order valence-electron chi connectivity index (χ0n) is 24.1. The van der Waals surface area contributed by atoms with Crippen LogP contribution >= 0.6 is 0 Å². The van der Waals surface area contributed by atoms with E-state index in [1.807, 2.05) is 20.8 Å². The van der Waals surface area contributed by atoms with Crippen molar-refractivity contribution in [2.45, 2.75) is 70.8 Å². The Morgan fingerprint density at radius 2 is 1.79 bits per heavy atom. The summed E-state index contributed by atoms with van der Waals surface area (Å²) in [4.78, 5) is 26.7. The van der Waals surface area contributed by atoms with Crippen molar-refractivity contribution in [3.05, 3.63) is 47.3 Å². The van der Waals surface area contributed by atoms with E-state index in [0.717, 1.165) is 12.1 Å². The zero-order chi connectivity index (χ0) is 30.8. The lowest BCUT2D eigenvalue weighted by Crippen LogP contribution is -2.39. The van der Waals surface area contributed by atoms with Crippen molar-refractivity contribution in [1.29, 1.82) is 0 Å². The van der Waals surface area contributed by atoms with Crippen molar-refractivity contribution < 1.29 is 32.2 Å². The highest BCUT2D eigenvalue weighted by molar-refractivity contribution is 6.03. The molecule has 2 aromatic heterocycles. The monoisotopic (exact) mass is 591 g/mol. The van der Waals surface area contributed by atoms with Gasteiger partial charge in [-0.05, 0) is 64.7 Å². The Morgan fingerprint density at radius 1 is 1.12 bits per heavy atom. The van der Waals surface area contributed by atoms with Crippen molar-refractivity contribution >= 4 is 17.8 Å². The molecule has 1 aliphatic rings. The molecule has 4 rings (SSSR count). The van der Waals surface area contributed by atoms with Crippen molar-refractivity contribution in [1.82, 2.24) is 24.5 Å². The molecule has 1 aromatic carbocycles. The molecular weight excluding hydrogens is 555 g/mol. The van der Waals surface area contributed by atoms with E-state index in [1.54, 1.807) is 15.8 Å². The number of rotatable bonds is 6. The van der Waals surface area contributed by atoms with E-state index in [0.29, 0.717) is 44.3 Å². The van der Waals surface area contributed by atoms with E-state index < -0.39 is 23.2 Å². The Balaban J connectivity index is 1.56. The zero-order valence-corrected chi connectivity index (χ0v) is 24.1. The maximum Gasteiger partial charge on any atom is 0.416 e. The van der Waals surface area contributed by atoms with Gasteiger partial charge < -0.3 is 25.8 Å². The first kappa shape index (κ1) is 30.7. The lowest BCUT2D eigenvalue weighted by molar-refractivity contribution is -0.137. The van der Waals surface area contributed by atoms with Crippen LogP contribution in [0.15, 0.2) is 30.6 Å². The molecule has 0 saturated carbocycles. The van der Waals surface area contributed by atoms with Gasteiger partial charge in [0.25, 0.3) is 5.91 Å². The maximum absolute atomic E-state index is 13.3. The largest absolute Gasteiger partial charge is 0.496 e. The first-order chi connectivity index (χ1) is 19.7. The lowest BCUT2D eigenvalue weighted by atomic mass is 10.0. The van der Waals surface area contributed by atoms with Gasteiger partial charge in [-0.2, -0.15) is 23.4 Å². The summed E-state index contributed by atoms with van der Waals surface area (Å²) in [6, 6.07) is 3.09. The van der Waals surface area contributed by atoms with E-state index in [2.05, 4.69) is 10.2 Å². The number of benzene rings is 1. The van der Waals surface area contributed by atoms with Gasteiger partial charge in [-0.3, -0.25) is 9.48 Å². The first-order valence-electron chi connectivity index (χ1n) is 13.6. The van der Waals surface area contributed by atoms with Crippen LogP contribution in [0.2, 0.25) is 0 Å². The number of methoxy groups -OCH3 is 1. The molecule has 228 valence electrons. The molecule has 11 nitrogen and oxygen atoms in total. The summed E-state index contributed by atoms with van der Waals surface area (Å²) >= 11 is 0. The van der Waals surface area contributed by atoms with E-state index >= 15 is 0 Å². The average Bonchev–Trinajstić information content (AvgIpc) is 3.46. The molecule has 0 spiro atoms. The summed E-state index contributed by atoms with van der Waals surface area (Å²) in [7, 11) is 1.37. The Hall–Kier alpha value is -4.23. The van der Waals surface area contributed by atoms with Crippen molar-refractivity contribution in [3.63, 3.8) is 0 Å². The number of nitrogens with zero attached hydrogens (tertiary/aromatic N) is 5. The lowest BCUT2D eigenvalue weighted by Gasteiger charge is -2.30. The molecule has 1 fully saturated rings. The van der Waals surface area contributed by atoms with Crippen LogP contribution in [0, 0.1) is 0 Å². The SMILES string of the molecule is COc1ccc(C(F)(F)F)cc1Cn1cc(-c2nn(C3CCCN(C(=O)OC(C)(C)C)CCC3)c(N)c2C(N)=O)cn1. The molecule has 1 aliphatic heterocycles. The van der Waals surface area contributed by atoms with Crippen LogP contribution in [0.5, 0.6) is 5.75 Å². The number of hydrogen-bond donors (Lipinski definition) is 2. The highest BCUT2D eigenvalue weighted by Gasteiger charge is 2.32. The van der Waals surface area contributed by atoms with E-state index in [9.17, 15) is 22.8 Å². The van der Waals surface area contributed by atoms with Crippen molar-refractivity contribution in [2.24, 2.45) is 5.73 Å². The Morgan fingerprint density at radius 3 is 2.36 bits per heavy atom. The number of nitrogen functional groups attached to an aromatic ring is 1. The topological polar surface area (TPSA) is 144 Å². The van der Waals surface area contributed by atoms with Crippen LogP contribution in [0.4, 0.5) is 23.8 Å². The third-order valence-corrected chi connectivity index (χ3v) is 6.97. The van der Waals surface area contributed by atoms with Gasteiger partial charge in [0.05, 0.1) is 31.5 Å². The normalized spacial score (nSPS) is 15.3. The van der Waals surface area contributed by atoms with E-state index in [-0.39, 0.29) is 47.1 Å². The average molecular weight is 592 g/mol. The predicted octanol–water partition coefficient (Wildman–Crippen LogP) is 4.86. The molecule has 42 heavy (non-hydrogen) atoms. The number of likely N-dealkylation sites (tertiary alicyclic amines) is 1. The summed E-state index contributed by atoms with van der Waals surface area (Å²) in [6.07, 6.45) is 0.793. The number of ether oxygens (including phenoxy) is 2. The minimum atomic E-state index is -4.51. The quantitative estimate of drug-likeness (QED) is 0.417. The third-order valence-electron chi connectivity index (χ3n) is 6.97. The smallest absolute Gasteiger partial charge is 0.416 e. The number of carbonyl (C=O) groups excluding carboxylic acids is 2. The summed E-state index contributed by atoms with van der Waals surface area (Å²) in [5.74, 6) is -0.358. The highest BCUT2D eigenvalue weighted by Crippen LogP contribution is 2.35. The summed E-state index contributed by atoms with van der Waals surface area (Å²) in [5.41, 5.74) is 11.7. The minimum absolute atomic E-state index is 0.0219. The molecule has 0 aliphatic carbocycles. The first-order valence-corrected chi connectivity index (χ1v) is 13.6. The fourth-order valence-electron chi connectivity index (χ4n) is 5.04. The molecule has 2 amide bonds. The minimum Gasteiger partial charge on any atom is -0.496 e. The van der Waals surface area contributed by atoms with Crippen LogP contribution in [0.3, 0.4) is 0 Å². The Kier molecular flexibility index (Phi) is 8.73. The van der Waals surface area contributed by atoms with Crippen LogP contribution in [-0.2, 0) is 17.5 Å². The van der Waals surface area contributed by atoms with Gasteiger partial charge >= 0.3 is 12.3 Å². The summed E-state index contributed by atoms with van der Waals surface area (Å²) in [5, 5.41) is 8.93. The second-order valence-electron chi connectivity index (χ2n) is 11.3. The van der Waals surface area contributed by atoms with Crippen LogP contribution in [0.1, 0.15) is 74.0 Å². The van der Waals surface area contributed by atoms with Crippen LogP contribution in [0.25, 0.3) is 11.3 Å². The predicted molar refractivity (Wildman–Crippen MR) is 149 cm³/mol. The fourth-order valence-corrected chi connectivity index (χ4v) is 5.04. The maximum atomic E-state index is 13.3. The molecule has 0 radical (unpaired) electrons. The molecule has 14 heteroatoms. The van der Waals surface area contributed by atoms with Crippen molar-refractivity contribution in [2.75, 3.05) is 25.9 Å².